The van der Waals surface area contributed by atoms with E-state index in [0.29, 0.717) is 17.0 Å². The minimum atomic E-state index is -0.563. The first-order valence-corrected chi connectivity index (χ1v) is 10.4. The van der Waals surface area contributed by atoms with Gasteiger partial charge >= 0.3 is 0 Å². The van der Waals surface area contributed by atoms with Crippen molar-refractivity contribution >= 4 is 23.8 Å². The van der Waals surface area contributed by atoms with Crippen molar-refractivity contribution in [1.82, 2.24) is 9.97 Å². The normalized spacial score (nSPS) is 44.0. The number of nitrogens with one attached hydrogen (secondary N) is 1. The maximum atomic E-state index is 10.6. The van der Waals surface area contributed by atoms with Crippen LogP contribution in [0.25, 0.3) is 0 Å². The third kappa shape index (κ3) is 2.51. The number of hydrogen-bond donors (Lipinski definition) is 3. The molecule has 0 radical (unpaired) electrons. The Kier molecular flexibility index (Phi) is 3.47. The van der Waals surface area contributed by atoms with Crippen LogP contribution in [0, 0.1) is 11.8 Å². The van der Waals surface area contributed by atoms with Gasteiger partial charge in [-0.2, -0.15) is 0 Å². The number of anilines is 1. The Hall–Kier alpha value is -1.18. The zero-order valence-corrected chi connectivity index (χ0v) is 15.2. The molecule has 1 heterocycles. The van der Waals surface area contributed by atoms with Crippen molar-refractivity contribution in [2.75, 3.05) is 11.6 Å². The van der Waals surface area contributed by atoms with E-state index in [-0.39, 0.29) is 12.1 Å². The fourth-order valence-electron chi connectivity index (χ4n) is 4.86. The zero-order valence-electron chi connectivity index (χ0n) is 14.4. The fourth-order valence-corrected chi connectivity index (χ4v) is 5.20. The van der Waals surface area contributed by atoms with Crippen LogP contribution in [-0.2, 0) is 0 Å². The van der Waals surface area contributed by atoms with Gasteiger partial charge < -0.3 is 15.5 Å². The molecule has 5 rings (SSSR count). The molecule has 0 aromatic carbocycles. The molecule has 6 atom stereocenters. The molecule has 3 N–H and O–H groups in total. The lowest BCUT2D eigenvalue weighted by atomic mass is 10.1. The first kappa shape index (κ1) is 16.0. The van der Waals surface area contributed by atoms with Gasteiger partial charge in [0.1, 0.15) is 5.82 Å². The molecule has 4 aliphatic carbocycles. The summed E-state index contributed by atoms with van der Waals surface area (Å²) in [6.07, 6.45) is 11.4. The Morgan fingerprint density at radius 1 is 1.20 bits per heavy atom. The quantitative estimate of drug-likeness (QED) is 0.422. The van der Waals surface area contributed by atoms with Crippen LogP contribution in [0.15, 0.2) is 16.3 Å². The van der Waals surface area contributed by atoms with E-state index in [0.717, 1.165) is 49.9 Å². The highest BCUT2D eigenvalue weighted by Gasteiger charge is 2.63. The van der Waals surface area contributed by atoms with E-state index in [1.54, 1.807) is 12.4 Å². The van der Waals surface area contributed by atoms with Gasteiger partial charge in [0, 0.05) is 12.4 Å². The molecular formula is C18H24N4O2S. The van der Waals surface area contributed by atoms with Crippen molar-refractivity contribution < 1.29 is 10.2 Å². The van der Waals surface area contributed by atoms with Crippen LogP contribution in [0.2, 0.25) is 0 Å². The highest BCUT2D eigenvalue weighted by molar-refractivity contribution is 7.98. The lowest BCUT2D eigenvalue weighted by Gasteiger charge is -2.21. The number of aliphatic imine (C=N–C) groups is 1. The third-order valence-corrected chi connectivity index (χ3v) is 7.26. The molecule has 0 amide bonds. The summed E-state index contributed by atoms with van der Waals surface area (Å²) in [5.41, 5.74) is -0.287. The molecule has 0 bridgehead atoms. The van der Waals surface area contributed by atoms with E-state index in [1.165, 1.54) is 11.8 Å². The first-order valence-electron chi connectivity index (χ1n) is 9.18. The van der Waals surface area contributed by atoms with Gasteiger partial charge in [-0.25, -0.2) is 9.97 Å². The van der Waals surface area contributed by atoms with Gasteiger partial charge in [-0.3, -0.25) is 4.99 Å². The van der Waals surface area contributed by atoms with Crippen LogP contribution in [0.5, 0.6) is 0 Å². The fraction of sp³-hybridized carbons (Fsp3) is 0.722. The SMILES string of the molecule is CSc1ncc(C=NC2CCC3CC32O)c(NC2CCC3CC32O)n1. The van der Waals surface area contributed by atoms with E-state index in [2.05, 4.69) is 20.3 Å². The molecule has 1 aromatic heterocycles. The van der Waals surface area contributed by atoms with Gasteiger partial charge in [0.15, 0.2) is 5.16 Å². The summed E-state index contributed by atoms with van der Waals surface area (Å²) in [5.74, 6) is 1.64. The second kappa shape index (κ2) is 5.41. The molecule has 1 aromatic rings. The largest absolute Gasteiger partial charge is 0.387 e. The van der Waals surface area contributed by atoms with Gasteiger partial charge in [0.05, 0.1) is 28.8 Å². The first-order chi connectivity index (χ1) is 12.0. The molecule has 6 unspecified atom stereocenters. The Balaban J connectivity index is 1.39. The van der Waals surface area contributed by atoms with Crippen molar-refractivity contribution in [2.24, 2.45) is 16.8 Å². The van der Waals surface area contributed by atoms with E-state index < -0.39 is 11.2 Å². The van der Waals surface area contributed by atoms with Gasteiger partial charge in [-0.1, -0.05) is 11.8 Å². The number of fused-ring (bicyclic) bond motifs is 2. The predicted octanol–water partition coefficient (Wildman–Crippen LogP) is 1.86. The van der Waals surface area contributed by atoms with Crippen molar-refractivity contribution in [1.29, 1.82) is 0 Å². The molecule has 134 valence electrons. The average Bonchev–Trinajstić information content (AvgIpc) is 3.40. The Morgan fingerprint density at radius 3 is 2.56 bits per heavy atom. The van der Waals surface area contributed by atoms with Gasteiger partial charge in [-0.15, -0.1) is 0 Å². The molecule has 0 aliphatic heterocycles. The van der Waals surface area contributed by atoms with E-state index in [1.807, 2.05) is 6.26 Å². The van der Waals surface area contributed by atoms with Crippen molar-refractivity contribution in [3.05, 3.63) is 11.8 Å². The standard InChI is InChI=1S/C18H24N4O2S/c1-25-16-20-9-10(8-19-13-4-2-11-6-17(11,13)23)15(22-16)21-14-5-3-12-7-18(12,14)24/h8-9,11-14,23-24H,2-7H2,1H3,(H,20,21,22). The van der Waals surface area contributed by atoms with Crippen LogP contribution < -0.4 is 5.32 Å². The number of aromatic nitrogens is 2. The summed E-state index contributed by atoms with van der Waals surface area (Å²) in [5, 5.41) is 25.2. The van der Waals surface area contributed by atoms with Crippen LogP contribution in [-0.4, -0.2) is 55.9 Å². The van der Waals surface area contributed by atoms with Crippen LogP contribution >= 0.6 is 11.8 Å². The minimum Gasteiger partial charge on any atom is -0.387 e. The number of rotatable bonds is 5. The summed E-state index contributed by atoms with van der Waals surface area (Å²) in [7, 11) is 0. The zero-order chi connectivity index (χ0) is 17.2. The summed E-state index contributed by atoms with van der Waals surface area (Å²) in [4.78, 5) is 13.6. The Labute approximate surface area is 151 Å². The molecule has 25 heavy (non-hydrogen) atoms. The number of thioether (sulfide) groups is 1. The second-order valence-corrected chi connectivity index (χ2v) is 8.86. The molecule has 6 nitrogen and oxygen atoms in total. The molecule has 4 fully saturated rings. The average molecular weight is 360 g/mol. The van der Waals surface area contributed by atoms with E-state index in [4.69, 9.17) is 0 Å². The van der Waals surface area contributed by atoms with Crippen molar-refractivity contribution in [3.63, 3.8) is 0 Å². The summed E-state index contributed by atoms with van der Waals surface area (Å²) in [6.45, 7) is 0. The van der Waals surface area contributed by atoms with Gasteiger partial charge in [0.25, 0.3) is 0 Å². The number of hydrogen-bond acceptors (Lipinski definition) is 7. The predicted molar refractivity (Wildman–Crippen MR) is 97.2 cm³/mol. The maximum Gasteiger partial charge on any atom is 0.189 e. The van der Waals surface area contributed by atoms with Crippen LogP contribution in [0.1, 0.15) is 44.1 Å². The van der Waals surface area contributed by atoms with E-state index in [9.17, 15) is 10.2 Å². The lowest BCUT2D eigenvalue weighted by molar-refractivity contribution is 0.125. The highest BCUT2D eigenvalue weighted by Crippen LogP contribution is 2.57. The van der Waals surface area contributed by atoms with Crippen LogP contribution in [0.3, 0.4) is 0 Å². The monoisotopic (exact) mass is 360 g/mol. The Morgan fingerprint density at radius 2 is 1.96 bits per heavy atom. The topological polar surface area (TPSA) is 90.6 Å². The molecule has 4 saturated carbocycles. The van der Waals surface area contributed by atoms with Crippen molar-refractivity contribution in [3.8, 4) is 0 Å². The van der Waals surface area contributed by atoms with Gasteiger partial charge in [0.2, 0.25) is 0 Å². The third-order valence-electron chi connectivity index (χ3n) is 6.70. The molecule has 7 heteroatoms. The molecule has 4 aliphatic rings. The highest BCUT2D eigenvalue weighted by atomic mass is 32.2. The molecule has 0 spiro atoms. The summed E-state index contributed by atoms with van der Waals surface area (Å²) >= 11 is 1.50. The number of aliphatic hydroxyl groups is 2. The smallest absolute Gasteiger partial charge is 0.189 e. The Bertz CT molecular complexity index is 740. The minimum absolute atomic E-state index is 0.00551. The lowest BCUT2D eigenvalue weighted by Crippen LogP contribution is -2.33. The van der Waals surface area contributed by atoms with E-state index >= 15 is 0 Å². The summed E-state index contributed by atoms with van der Waals surface area (Å²) < 4.78 is 0. The van der Waals surface area contributed by atoms with Crippen LogP contribution in [0.4, 0.5) is 5.82 Å². The molecule has 0 saturated heterocycles. The van der Waals surface area contributed by atoms with Crippen molar-refractivity contribution in [2.45, 2.75) is 67.0 Å². The summed E-state index contributed by atoms with van der Waals surface area (Å²) in [6, 6.07) is 0.0480. The number of nitrogens with zero attached hydrogens (tertiary/aromatic N) is 3. The maximum absolute atomic E-state index is 10.6. The second-order valence-electron chi connectivity index (χ2n) is 8.09. The molecular weight excluding hydrogens is 336 g/mol. The van der Waals surface area contributed by atoms with Gasteiger partial charge in [-0.05, 0) is 56.6 Å².